The molecule has 4 nitrogen and oxygen atoms in total. The average Bonchev–Trinajstić information content (AvgIpc) is 3.09. The lowest BCUT2D eigenvalue weighted by molar-refractivity contribution is -0.118. The highest BCUT2D eigenvalue weighted by molar-refractivity contribution is 6.16. The number of ketones is 1. The number of amides is 1. The van der Waals surface area contributed by atoms with Crippen LogP contribution >= 0.6 is 0 Å². The Morgan fingerprint density at radius 1 is 0.871 bits per heavy atom. The van der Waals surface area contributed by atoms with Gasteiger partial charge in [0.25, 0.3) is 5.91 Å². The highest BCUT2D eigenvalue weighted by Crippen LogP contribution is 2.41. The van der Waals surface area contributed by atoms with E-state index in [1.807, 2.05) is 84.9 Å². The van der Waals surface area contributed by atoms with Gasteiger partial charge in [0, 0.05) is 12.1 Å². The predicted octanol–water partition coefficient (Wildman–Crippen LogP) is 5.35. The van der Waals surface area contributed by atoms with E-state index in [4.69, 9.17) is 0 Å². The second-order valence-electron chi connectivity index (χ2n) is 7.68. The molecule has 4 heteroatoms. The largest absolute Gasteiger partial charge is 0.503 e. The Bertz CT molecular complexity index is 1100. The van der Waals surface area contributed by atoms with Gasteiger partial charge in [0.2, 0.25) is 0 Å². The summed E-state index contributed by atoms with van der Waals surface area (Å²) in [5, 5.41) is 10.8. The van der Waals surface area contributed by atoms with Crippen molar-refractivity contribution < 1.29 is 14.7 Å². The van der Waals surface area contributed by atoms with Crippen molar-refractivity contribution in [2.45, 2.75) is 32.2 Å². The summed E-state index contributed by atoms with van der Waals surface area (Å²) in [4.78, 5) is 27.9. The Balaban J connectivity index is 1.70. The maximum atomic E-state index is 13.2. The number of nitrogens with zero attached hydrogens (tertiary/aromatic N) is 1. The third-order valence-corrected chi connectivity index (χ3v) is 5.73. The van der Waals surface area contributed by atoms with E-state index in [9.17, 15) is 14.7 Å². The van der Waals surface area contributed by atoms with Gasteiger partial charge in [-0.25, -0.2) is 0 Å². The molecule has 0 saturated carbocycles. The summed E-state index contributed by atoms with van der Waals surface area (Å²) >= 11 is 0. The van der Waals surface area contributed by atoms with Gasteiger partial charge in [-0.15, -0.1) is 0 Å². The minimum Gasteiger partial charge on any atom is -0.503 e. The van der Waals surface area contributed by atoms with Gasteiger partial charge < -0.3 is 5.11 Å². The van der Waals surface area contributed by atoms with Crippen LogP contribution in [0.15, 0.2) is 96.3 Å². The second kappa shape index (κ2) is 9.00. The minimum absolute atomic E-state index is 0.173. The van der Waals surface area contributed by atoms with E-state index >= 15 is 0 Å². The van der Waals surface area contributed by atoms with E-state index in [2.05, 4.69) is 6.92 Å². The van der Waals surface area contributed by atoms with E-state index in [0.717, 1.165) is 23.1 Å². The number of carbonyl (C=O) groups is 2. The first-order chi connectivity index (χ1) is 15.1. The Labute approximate surface area is 182 Å². The molecular formula is C27H25NO3. The predicted molar refractivity (Wildman–Crippen MR) is 122 cm³/mol. The Morgan fingerprint density at radius 3 is 2.10 bits per heavy atom. The molecule has 0 bridgehead atoms. The fourth-order valence-electron chi connectivity index (χ4n) is 4.04. The second-order valence-corrected chi connectivity index (χ2v) is 7.68. The number of anilines is 1. The topological polar surface area (TPSA) is 57.6 Å². The SMILES string of the molecule is CCc1ccc(N2C(=O)C(O)=C(C(=O)CCc3ccccc3)C2c2ccccc2)cc1. The van der Waals surface area contributed by atoms with Crippen LogP contribution in [0.2, 0.25) is 0 Å². The van der Waals surface area contributed by atoms with Crippen molar-refractivity contribution in [2.24, 2.45) is 0 Å². The zero-order valence-corrected chi connectivity index (χ0v) is 17.5. The number of hydrogen-bond acceptors (Lipinski definition) is 3. The first-order valence-electron chi connectivity index (χ1n) is 10.6. The lowest BCUT2D eigenvalue weighted by Gasteiger charge is -2.27. The summed E-state index contributed by atoms with van der Waals surface area (Å²) in [6.07, 6.45) is 1.67. The molecule has 1 amide bonds. The maximum absolute atomic E-state index is 13.2. The number of aryl methyl sites for hydroxylation is 2. The number of rotatable bonds is 7. The fraction of sp³-hybridized carbons (Fsp3) is 0.185. The third-order valence-electron chi connectivity index (χ3n) is 5.73. The summed E-state index contributed by atoms with van der Waals surface area (Å²) in [5.74, 6) is -1.20. The average molecular weight is 412 g/mol. The van der Waals surface area contributed by atoms with Crippen LogP contribution in [0.25, 0.3) is 0 Å². The molecule has 3 aromatic carbocycles. The molecule has 1 atom stereocenters. The van der Waals surface area contributed by atoms with Gasteiger partial charge in [0.05, 0.1) is 11.6 Å². The zero-order valence-electron chi connectivity index (χ0n) is 17.5. The van der Waals surface area contributed by atoms with Crippen LogP contribution < -0.4 is 4.90 Å². The summed E-state index contributed by atoms with van der Waals surface area (Å²) in [5.41, 5.74) is 3.83. The molecule has 0 aliphatic carbocycles. The molecule has 3 aromatic rings. The van der Waals surface area contributed by atoms with Gasteiger partial charge >= 0.3 is 0 Å². The number of benzene rings is 3. The number of aliphatic hydroxyl groups excluding tert-OH is 1. The molecule has 1 N–H and O–H groups in total. The quantitative estimate of drug-likeness (QED) is 0.570. The van der Waals surface area contributed by atoms with Crippen molar-refractivity contribution >= 4 is 17.4 Å². The molecule has 0 radical (unpaired) electrons. The van der Waals surface area contributed by atoms with Crippen LogP contribution in [-0.4, -0.2) is 16.8 Å². The molecule has 156 valence electrons. The molecule has 1 aliphatic rings. The van der Waals surface area contributed by atoms with Gasteiger partial charge in [-0.3, -0.25) is 14.5 Å². The van der Waals surface area contributed by atoms with E-state index < -0.39 is 17.7 Å². The van der Waals surface area contributed by atoms with Gasteiger partial charge in [0.15, 0.2) is 11.5 Å². The van der Waals surface area contributed by atoms with Crippen molar-refractivity contribution in [1.29, 1.82) is 0 Å². The molecule has 0 spiro atoms. The summed E-state index contributed by atoms with van der Waals surface area (Å²) in [6, 6.07) is 26.2. The molecular weight excluding hydrogens is 386 g/mol. The number of carbonyl (C=O) groups excluding carboxylic acids is 2. The maximum Gasteiger partial charge on any atom is 0.294 e. The van der Waals surface area contributed by atoms with Crippen LogP contribution in [0.5, 0.6) is 0 Å². The van der Waals surface area contributed by atoms with Gasteiger partial charge in [-0.1, -0.05) is 79.7 Å². The third kappa shape index (κ3) is 4.15. The molecule has 1 unspecified atom stereocenters. The summed E-state index contributed by atoms with van der Waals surface area (Å²) < 4.78 is 0. The van der Waals surface area contributed by atoms with Crippen molar-refractivity contribution in [2.75, 3.05) is 4.90 Å². The molecule has 31 heavy (non-hydrogen) atoms. The molecule has 4 rings (SSSR count). The van der Waals surface area contributed by atoms with Gasteiger partial charge in [-0.2, -0.15) is 0 Å². The molecule has 1 aliphatic heterocycles. The number of Topliss-reactive ketones (excluding diaryl/α,β-unsaturated/α-hetero) is 1. The van der Waals surface area contributed by atoms with Crippen molar-refractivity contribution in [3.63, 3.8) is 0 Å². The molecule has 1 heterocycles. The Morgan fingerprint density at radius 2 is 1.48 bits per heavy atom. The number of aliphatic hydroxyl groups is 1. The summed E-state index contributed by atoms with van der Waals surface area (Å²) in [6.45, 7) is 2.07. The first kappa shape index (κ1) is 20.6. The van der Waals surface area contributed by atoms with E-state index in [0.29, 0.717) is 12.1 Å². The van der Waals surface area contributed by atoms with Crippen LogP contribution in [0.4, 0.5) is 5.69 Å². The molecule has 0 fully saturated rings. The fourth-order valence-corrected chi connectivity index (χ4v) is 4.04. The zero-order chi connectivity index (χ0) is 21.8. The molecule has 0 aromatic heterocycles. The van der Waals surface area contributed by atoms with Crippen molar-refractivity contribution in [1.82, 2.24) is 0 Å². The minimum atomic E-state index is -0.649. The lowest BCUT2D eigenvalue weighted by atomic mass is 9.93. The van der Waals surface area contributed by atoms with Crippen LogP contribution in [0.3, 0.4) is 0 Å². The smallest absolute Gasteiger partial charge is 0.294 e. The Hall–Kier alpha value is -3.66. The summed E-state index contributed by atoms with van der Waals surface area (Å²) in [7, 11) is 0. The lowest BCUT2D eigenvalue weighted by Crippen LogP contribution is -2.31. The van der Waals surface area contributed by atoms with Crippen LogP contribution in [-0.2, 0) is 22.4 Å². The van der Waals surface area contributed by atoms with Crippen LogP contribution in [0.1, 0.15) is 36.1 Å². The van der Waals surface area contributed by atoms with E-state index in [1.165, 1.54) is 4.90 Å². The van der Waals surface area contributed by atoms with E-state index in [1.54, 1.807) is 0 Å². The first-order valence-corrected chi connectivity index (χ1v) is 10.6. The van der Waals surface area contributed by atoms with E-state index in [-0.39, 0.29) is 17.8 Å². The van der Waals surface area contributed by atoms with Gasteiger partial charge in [0.1, 0.15) is 0 Å². The van der Waals surface area contributed by atoms with Gasteiger partial charge in [-0.05, 0) is 41.7 Å². The van der Waals surface area contributed by atoms with Crippen molar-refractivity contribution in [3.05, 3.63) is 113 Å². The van der Waals surface area contributed by atoms with Crippen molar-refractivity contribution in [3.8, 4) is 0 Å². The monoisotopic (exact) mass is 411 g/mol. The molecule has 0 saturated heterocycles. The standard InChI is InChI=1S/C27H25NO3/c1-2-19-13-16-22(17-14-19)28-25(21-11-7-4-8-12-21)24(26(30)27(28)31)23(29)18-15-20-9-5-3-6-10-20/h3-14,16-17,25,30H,2,15,18H2,1H3. The highest BCUT2D eigenvalue weighted by atomic mass is 16.3. The number of hydrogen-bond donors (Lipinski definition) is 1. The highest BCUT2D eigenvalue weighted by Gasteiger charge is 2.43. The normalized spacial score (nSPS) is 16.1. The van der Waals surface area contributed by atoms with Crippen LogP contribution in [0, 0.1) is 0 Å². The Kier molecular flexibility index (Phi) is 5.99.